The molecule has 4 heteroatoms. The average molecular weight is 248 g/mol. The Balaban J connectivity index is 2.59. The van der Waals surface area contributed by atoms with Gasteiger partial charge in [0.2, 0.25) is 0 Å². The first-order valence-electron chi connectivity index (χ1n) is 5.42. The summed E-state index contributed by atoms with van der Waals surface area (Å²) in [4.78, 5) is 8.92. The van der Waals surface area contributed by atoms with Crippen molar-refractivity contribution >= 4 is 11.6 Å². The van der Waals surface area contributed by atoms with Crippen LogP contribution in [0.15, 0.2) is 24.3 Å². The van der Waals surface area contributed by atoms with Crippen LogP contribution < -0.4 is 5.73 Å². The van der Waals surface area contributed by atoms with Gasteiger partial charge in [-0.3, -0.25) is 0 Å². The average Bonchev–Trinajstić information content (AvgIpc) is 2.29. The van der Waals surface area contributed by atoms with Crippen LogP contribution in [0.1, 0.15) is 17.0 Å². The van der Waals surface area contributed by atoms with Crippen molar-refractivity contribution in [1.82, 2.24) is 9.97 Å². The minimum atomic E-state index is 0.459. The fraction of sp³-hybridized carbons (Fsp3) is 0.231. The first kappa shape index (κ1) is 12.0. The van der Waals surface area contributed by atoms with E-state index in [0.717, 1.165) is 22.5 Å². The third-order valence-electron chi connectivity index (χ3n) is 2.74. The normalized spacial score (nSPS) is 10.6. The highest BCUT2D eigenvalue weighted by Crippen LogP contribution is 2.25. The number of halogens is 1. The van der Waals surface area contributed by atoms with Crippen LogP contribution in [-0.4, -0.2) is 9.97 Å². The quantitative estimate of drug-likeness (QED) is 0.888. The van der Waals surface area contributed by atoms with E-state index in [1.165, 1.54) is 0 Å². The van der Waals surface area contributed by atoms with E-state index in [1.807, 2.05) is 38.1 Å². The molecule has 2 aromatic rings. The van der Waals surface area contributed by atoms with Crippen LogP contribution in [0.2, 0.25) is 5.02 Å². The lowest BCUT2D eigenvalue weighted by Crippen LogP contribution is -2.07. The fourth-order valence-corrected chi connectivity index (χ4v) is 2.02. The van der Waals surface area contributed by atoms with Gasteiger partial charge < -0.3 is 5.73 Å². The van der Waals surface area contributed by atoms with E-state index in [0.29, 0.717) is 17.4 Å². The lowest BCUT2D eigenvalue weighted by Gasteiger charge is -2.09. The van der Waals surface area contributed by atoms with Gasteiger partial charge in [-0.05, 0) is 26.0 Å². The third-order valence-corrected chi connectivity index (χ3v) is 3.07. The molecule has 0 radical (unpaired) electrons. The van der Waals surface area contributed by atoms with Gasteiger partial charge in [-0.1, -0.05) is 23.7 Å². The topological polar surface area (TPSA) is 51.8 Å². The van der Waals surface area contributed by atoms with Gasteiger partial charge in [0.05, 0.1) is 5.02 Å². The van der Waals surface area contributed by atoms with E-state index in [4.69, 9.17) is 17.3 Å². The molecule has 0 spiro atoms. The predicted octanol–water partition coefficient (Wildman–Crippen LogP) is 2.87. The molecule has 0 bridgehead atoms. The van der Waals surface area contributed by atoms with Crippen LogP contribution in [0.3, 0.4) is 0 Å². The molecule has 0 aliphatic carbocycles. The maximum absolute atomic E-state index is 6.13. The summed E-state index contributed by atoms with van der Waals surface area (Å²) in [5, 5.41) is 0.659. The minimum absolute atomic E-state index is 0.459. The molecular formula is C13H14ClN3. The maximum atomic E-state index is 6.13. The minimum Gasteiger partial charge on any atom is -0.326 e. The van der Waals surface area contributed by atoms with E-state index >= 15 is 0 Å². The van der Waals surface area contributed by atoms with Gasteiger partial charge in [0.25, 0.3) is 0 Å². The van der Waals surface area contributed by atoms with Crippen LogP contribution in [0.4, 0.5) is 0 Å². The molecule has 17 heavy (non-hydrogen) atoms. The lowest BCUT2D eigenvalue weighted by molar-refractivity contribution is 0.939. The molecule has 0 aliphatic heterocycles. The van der Waals surface area contributed by atoms with Gasteiger partial charge >= 0.3 is 0 Å². The Kier molecular flexibility index (Phi) is 3.41. The van der Waals surface area contributed by atoms with Crippen LogP contribution in [0.5, 0.6) is 0 Å². The molecule has 0 saturated carbocycles. The van der Waals surface area contributed by atoms with E-state index in [2.05, 4.69) is 9.97 Å². The first-order chi connectivity index (χ1) is 8.13. The second kappa shape index (κ2) is 4.82. The summed E-state index contributed by atoms with van der Waals surface area (Å²) in [6, 6.07) is 7.56. The number of benzene rings is 1. The molecule has 0 amide bonds. The number of hydrogen-bond acceptors (Lipinski definition) is 3. The largest absolute Gasteiger partial charge is 0.326 e. The molecule has 2 rings (SSSR count). The van der Waals surface area contributed by atoms with Crippen molar-refractivity contribution < 1.29 is 0 Å². The van der Waals surface area contributed by atoms with Crippen LogP contribution in [-0.2, 0) is 6.54 Å². The molecule has 0 atom stereocenters. The van der Waals surface area contributed by atoms with Gasteiger partial charge in [0, 0.05) is 29.1 Å². The van der Waals surface area contributed by atoms with Crippen molar-refractivity contribution in [2.24, 2.45) is 5.73 Å². The molecule has 2 N–H and O–H groups in total. The highest BCUT2D eigenvalue weighted by molar-refractivity contribution is 6.33. The fourth-order valence-electron chi connectivity index (χ4n) is 1.80. The van der Waals surface area contributed by atoms with Crippen LogP contribution in [0.25, 0.3) is 11.4 Å². The van der Waals surface area contributed by atoms with E-state index in [1.54, 1.807) is 0 Å². The Hall–Kier alpha value is -1.45. The van der Waals surface area contributed by atoms with Gasteiger partial charge in [-0.25, -0.2) is 9.97 Å². The number of aromatic nitrogens is 2. The zero-order valence-corrected chi connectivity index (χ0v) is 10.6. The molecule has 0 aliphatic rings. The molecule has 88 valence electrons. The Bertz CT molecular complexity index is 529. The zero-order chi connectivity index (χ0) is 12.4. The Morgan fingerprint density at radius 1 is 1.12 bits per heavy atom. The van der Waals surface area contributed by atoms with Gasteiger partial charge in [-0.2, -0.15) is 0 Å². The number of nitrogens with zero attached hydrogens (tertiary/aromatic N) is 2. The molecule has 3 nitrogen and oxygen atoms in total. The summed E-state index contributed by atoms with van der Waals surface area (Å²) in [5.41, 5.74) is 9.34. The molecule has 1 aromatic carbocycles. The number of aryl methyl sites for hydroxylation is 2. The van der Waals surface area contributed by atoms with E-state index in [-0.39, 0.29) is 0 Å². The number of hydrogen-bond donors (Lipinski definition) is 1. The monoisotopic (exact) mass is 247 g/mol. The third kappa shape index (κ3) is 2.30. The summed E-state index contributed by atoms with van der Waals surface area (Å²) in [7, 11) is 0. The lowest BCUT2D eigenvalue weighted by atomic mass is 10.1. The van der Waals surface area contributed by atoms with E-state index < -0.39 is 0 Å². The van der Waals surface area contributed by atoms with Crippen molar-refractivity contribution in [3.05, 3.63) is 46.2 Å². The standard InChI is InChI=1S/C13H14ClN3/c1-8-11(7-15)9(2)17-13(16-8)10-5-3-4-6-12(10)14/h3-6H,7,15H2,1-2H3. The molecule has 1 aromatic heterocycles. The Labute approximate surface area is 106 Å². The Morgan fingerprint density at radius 3 is 2.24 bits per heavy atom. The summed E-state index contributed by atoms with van der Waals surface area (Å²) in [6.45, 7) is 4.34. The first-order valence-corrected chi connectivity index (χ1v) is 5.80. The summed E-state index contributed by atoms with van der Waals surface area (Å²) < 4.78 is 0. The summed E-state index contributed by atoms with van der Waals surface area (Å²) in [5.74, 6) is 0.655. The highest BCUT2D eigenvalue weighted by Gasteiger charge is 2.10. The SMILES string of the molecule is Cc1nc(-c2ccccc2Cl)nc(C)c1CN. The van der Waals surface area contributed by atoms with Crippen LogP contribution in [0, 0.1) is 13.8 Å². The van der Waals surface area contributed by atoms with Crippen molar-refractivity contribution in [3.8, 4) is 11.4 Å². The number of rotatable bonds is 2. The predicted molar refractivity (Wildman–Crippen MR) is 69.8 cm³/mol. The molecular weight excluding hydrogens is 234 g/mol. The molecule has 0 unspecified atom stereocenters. The Morgan fingerprint density at radius 2 is 1.71 bits per heavy atom. The van der Waals surface area contributed by atoms with Crippen molar-refractivity contribution in [2.75, 3.05) is 0 Å². The second-order valence-corrected chi connectivity index (χ2v) is 4.29. The maximum Gasteiger partial charge on any atom is 0.161 e. The summed E-state index contributed by atoms with van der Waals surface area (Å²) in [6.07, 6.45) is 0. The smallest absolute Gasteiger partial charge is 0.161 e. The van der Waals surface area contributed by atoms with Crippen molar-refractivity contribution in [3.63, 3.8) is 0 Å². The van der Waals surface area contributed by atoms with Crippen molar-refractivity contribution in [2.45, 2.75) is 20.4 Å². The van der Waals surface area contributed by atoms with Gasteiger partial charge in [-0.15, -0.1) is 0 Å². The van der Waals surface area contributed by atoms with Crippen LogP contribution >= 0.6 is 11.6 Å². The molecule has 0 fully saturated rings. The van der Waals surface area contributed by atoms with Gasteiger partial charge in [0.1, 0.15) is 0 Å². The summed E-state index contributed by atoms with van der Waals surface area (Å²) >= 11 is 6.13. The van der Waals surface area contributed by atoms with Crippen molar-refractivity contribution in [1.29, 1.82) is 0 Å². The molecule has 0 saturated heterocycles. The van der Waals surface area contributed by atoms with Gasteiger partial charge in [0.15, 0.2) is 5.82 Å². The molecule has 1 heterocycles. The zero-order valence-electron chi connectivity index (χ0n) is 9.87. The number of nitrogens with two attached hydrogens (primary N) is 1. The van der Waals surface area contributed by atoms with E-state index in [9.17, 15) is 0 Å². The highest BCUT2D eigenvalue weighted by atomic mass is 35.5. The second-order valence-electron chi connectivity index (χ2n) is 3.88.